The van der Waals surface area contributed by atoms with Crippen LogP contribution in [0.1, 0.15) is 32.6 Å². The maximum absolute atomic E-state index is 11.1. The Labute approximate surface area is 78.4 Å². The predicted octanol–water partition coefficient (Wildman–Crippen LogP) is 1.82. The number of aromatic nitrogens is 2. The van der Waals surface area contributed by atoms with E-state index in [4.69, 9.17) is 0 Å². The maximum Gasteiger partial charge on any atom is 0.347 e. The maximum atomic E-state index is 11.1. The zero-order valence-corrected chi connectivity index (χ0v) is 8.07. The van der Waals surface area contributed by atoms with Crippen LogP contribution < -0.4 is 5.69 Å². The van der Waals surface area contributed by atoms with Gasteiger partial charge in [0.25, 0.3) is 0 Å². The summed E-state index contributed by atoms with van der Waals surface area (Å²) in [6.07, 6.45) is 8.06. The molecule has 0 unspecified atom stereocenters. The van der Waals surface area contributed by atoms with Crippen LogP contribution in [0.5, 0.6) is 0 Å². The fraction of sp³-hybridized carbons (Fsp3) is 0.600. The molecule has 0 aliphatic rings. The number of hydrogen-bond donors (Lipinski definition) is 0. The van der Waals surface area contributed by atoms with E-state index in [2.05, 4.69) is 11.9 Å². The van der Waals surface area contributed by atoms with Gasteiger partial charge in [-0.25, -0.2) is 9.78 Å². The highest BCUT2D eigenvalue weighted by Gasteiger charge is 1.93. The molecule has 0 aromatic carbocycles. The standard InChI is InChI=1S/C10H16N2O/c1-2-3-4-5-8-12-9-6-7-11-10(12)13/h6-7,9H,2-5,8H2,1H3. The Balaban J connectivity index is 2.37. The van der Waals surface area contributed by atoms with Gasteiger partial charge < -0.3 is 0 Å². The van der Waals surface area contributed by atoms with E-state index in [0.717, 1.165) is 13.0 Å². The summed E-state index contributed by atoms with van der Waals surface area (Å²) in [6, 6.07) is 1.79. The molecule has 3 heteroatoms. The normalized spacial score (nSPS) is 10.2. The summed E-state index contributed by atoms with van der Waals surface area (Å²) in [6.45, 7) is 2.98. The highest BCUT2D eigenvalue weighted by Crippen LogP contribution is 1.99. The molecule has 0 spiro atoms. The second-order valence-corrected chi connectivity index (χ2v) is 3.16. The van der Waals surface area contributed by atoms with Crippen LogP contribution in [-0.4, -0.2) is 9.55 Å². The SMILES string of the molecule is CCCCCCn1cccnc1=O. The van der Waals surface area contributed by atoms with Crippen molar-refractivity contribution < 1.29 is 0 Å². The fourth-order valence-electron chi connectivity index (χ4n) is 1.27. The Morgan fingerprint density at radius 2 is 2.23 bits per heavy atom. The first-order valence-electron chi connectivity index (χ1n) is 4.86. The van der Waals surface area contributed by atoms with Crippen LogP contribution in [-0.2, 0) is 6.54 Å². The van der Waals surface area contributed by atoms with Crippen molar-refractivity contribution >= 4 is 0 Å². The second kappa shape index (κ2) is 5.51. The van der Waals surface area contributed by atoms with Gasteiger partial charge in [0.15, 0.2) is 0 Å². The first-order chi connectivity index (χ1) is 6.34. The molecule has 0 aliphatic carbocycles. The summed E-state index contributed by atoms with van der Waals surface area (Å²) in [4.78, 5) is 14.8. The number of hydrogen-bond acceptors (Lipinski definition) is 2. The summed E-state index contributed by atoms with van der Waals surface area (Å²) >= 11 is 0. The van der Waals surface area contributed by atoms with E-state index in [1.165, 1.54) is 25.5 Å². The fourth-order valence-corrected chi connectivity index (χ4v) is 1.27. The largest absolute Gasteiger partial charge is 0.347 e. The average Bonchev–Trinajstić information content (AvgIpc) is 2.15. The van der Waals surface area contributed by atoms with Crippen molar-refractivity contribution in [3.63, 3.8) is 0 Å². The molecule has 0 N–H and O–H groups in total. The number of rotatable bonds is 5. The van der Waals surface area contributed by atoms with E-state index in [1.807, 2.05) is 0 Å². The summed E-state index contributed by atoms with van der Waals surface area (Å²) in [5.74, 6) is 0. The lowest BCUT2D eigenvalue weighted by Crippen LogP contribution is -2.21. The van der Waals surface area contributed by atoms with Gasteiger partial charge in [0.1, 0.15) is 0 Å². The summed E-state index contributed by atoms with van der Waals surface area (Å²) in [5, 5.41) is 0. The third kappa shape index (κ3) is 3.40. The zero-order valence-electron chi connectivity index (χ0n) is 8.07. The first-order valence-corrected chi connectivity index (χ1v) is 4.86. The lowest BCUT2D eigenvalue weighted by atomic mass is 10.2. The molecule has 0 atom stereocenters. The van der Waals surface area contributed by atoms with Crippen molar-refractivity contribution in [3.8, 4) is 0 Å². The van der Waals surface area contributed by atoms with Gasteiger partial charge in [0.2, 0.25) is 0 Å². The van der Waals surface area contributed by atoms with E-state index in [9.17, 15) is 4.79 Å². The molecule has 0 saturated heterocycles. The smallest absolute Gasteiger partial charge is 0.299 e. The molecule has 1 heterocycles. The van der Waals surface area contributed by atoms with Gasteiger partial charge in [-0.3, -0.25) is 4.57 Å². The molecule has 3 nitrogen and oxygen atoms in total. The van der Waals surface area contributed by atoms with Crippen molar-refractivity contribution in [2.75, 3.05) is 0 Å². The van der Waals surface area contributed by atoms with E-state index < -0.39 is 0 Å². The van der Waals surface area contributed by atoms with E-state index >= 15 is 0 Å². The van der Waals surface area contributed by atoms with E-state index in [-0.39, 0.29) is 5.69 Å². The Morgan fingerprint density at radius 3 is 2.92 bits per heavy atom. The van der Waals surface area contributed by atoms with Crippen LogP contribution in [0.2, 0.25) is 0 Å². The summed E-state index contributed by atoms with van der Waals surface area (Å²) in [5.41, 5.74) is -0.140. The molecule has 0 saturated carbocycles. The van der Waals surface area contributed by atoms with Gasteiger partial charge in [-0.15, -0.1) is 0 Å². The molecular formula is C10H16N2O. The Bertz CT molecular complexity index is 293. The van der Waals surface area contributed by atoms with E-state index in [1.54, 1.807) is 16.8 Å². The quantitative estimate of drug-likeness (QED) is 0.648. The summed E-state index contributed by atoms with van der Waals surface area (Å²) in [7, 11) is 0. The van der Waals surface area contributed by atoms with Crippen LogP contribution in [0.4, 0.5) is 0 Å². The van der Waals surface area contributed by atoms with Crippen LogP contribution in [0.15, 0.2) is 23.3 Å². The third-order valence-corrected chi connectivity index (χ3v) is 2.04. The topological polar surface area (TPSA) is 34.9 Å². The summed E-state index contributed by atoms with van der Waals surface area (Å²) < 4.78 is 1.66. The predicted molar refractivity (Wildman–Crippen MR) is 52.6 cm³/mol. The molecule has 13 heavy (non-hydrogen) atoms. The molecule has 1 aromatic heterocycles. The Morgan fingerprint density at radius 1 is 1.38 bits per heavy atom. The molecule has 1 aromatic rings. The molecule has 72 valence electrons. The van der Waals surface area contributed by atoms with Gasteiger partial charge in [-0.1, -0.05) is 26.2 Å². The van der Waals surface area contributed by atoms with Crippen molar-refractivity contribution in [2.45, 2.75) is 39.2 Å². The van der Waals surface area contributed by atoms with E-state index in [0.29, 0.717) is 0 Å². The molecule has 1 rings (SSSR count). The average molecular weight is 180 g/mol. The van der Waals surface area contributed by atoms with Gasteiger partial charge in [0, 0.05) is 18.9 Å². The van der Waals surface area contributed by atoms with Crippen LogP contribution >= 0.6 is 0 Å². The highest BCUT2D eigenvalue weighted by atomic mass is 16.1. The number of unbranched alkanes of at least 4 members (excludes halogenated alkanes) is 3. The number of nitrogens with zero attached hydrogens (tertiary/aromatic N) is 2. The molecule has 0 amide bonds. The minimum Gasteiger partial charge on any atom is -0.299 e. The van der Waals surface area contributed by atoms with Crippen molar-refractivity contribution in [1.29, 1.82) is 0 Å². The van der Waals surface area contributed by atoms with Gasteiger partial charge in [0.05, 0.1) is 0 Å². The van der Waals surface area contributed by atoms with Gasteiger partial charge >= 0.3 is 5.69 Å². The monoisotopic (exact) mass is 180 g/mol. The second-order valence-electron chi connectivity index (χ2n) is 3.16. The first kappa shape index (κ1) is 9.96. The third-order valence-electron chi connectivity index (χ3n) is 2.04. The van der Waals surface area contributed by atoms with Crippen LogP contribution in [0, 0.1) is 0 Å². The van der Waals surface area contributed by atoms with Crippen LogP contribution in [0.3, 0.4) is 0 Å². The van der Waals surface area contributed by atoms with Crippen molar-refractivity contribution in [1.82, 2.24) is 9.55 Å². The molecule has 0 bridgehead atoms. The Kier molecular flexibility index (Phi) is 4.23. The lowest BCUT2D eigenvalue weighted by molar-refractivity contribution is 0.562. The lowest BCUT2D eigenvalue weighted by Gasteiger charge is -2.02. The van der Waals surface area contributed by atoms with Crippen molar-refractivity contribution in [2.24, 2.45) is 0 Å². The number of aryl methyl sites for hydroxylation is 1. The molecule has 0 fully saturated rings. The van der Waals surface area contributed by atoms with Gasteiger partial charge in [-0.05, 0) is 12.5 Å². The minimum absolute atomic E-state index is 0.140. The molecular weight excluding hydrogens is 164 g/mol. The van der Waals surface area contributed by atoms with Crippen LogP contribution in [0.25, 0.3) is 0 Å². The van der Waals surface area contributed by atoms with Gasteiger partial charge in [-0.2, -0.15) is 0 Å². The molecule has 0 radical (unpaired) electrons. The highest BCUT2D eigenvalue weighted by molar-refractivity contribution is 4.80. The zero-order chi connectivity index (χ0) is 9.52. The minimum atomic E-state index is -0.140. The molecule has 0 aliphatic heterocycles. The Hall–Kier alpha value is -1.12. The van der Waals surface area contributed by atoms with Crippen molar-refractivity contribution in [3.05, 3.63) is 28.9 Å².